The van der Waals surface area contributed by atoms with E-state index in [9.17, 15) is 9.59 Å². The summed E-state index contributed by atoms with van der Waals surface area (Å²) in [4.78, 5) is 21.3. The number of rotatable bonds is 5. The number of hydrogen-bond donors (Lipinski definition) is 3. The summed E-state index contributed by atoms with van der Waals surface area (Å²) in [5, 5.41) is 13.6. The molecule has 1 atom stereocenters. The lowest BCUT2D eigenvalue weighted by atomic mass is 10.2. The van der Waals surface area contributed by atoms with Gasteiger partial charge in [-0.05, 0) is 14.0 Å². The Morgan fingerprint density at radius 1 is 1.50 bits per heavy atom. The van der Waals surface area contributed by atoms with Gasteiger partial charge in [0.25, 0.3) is 0 Å². The minimum absolute atomic E-state index is 0.192. The monoisotopic (exact) mass is 174 g/mol. The molecule has 1 amide bonds. The summed E-state index contributed by atoms with van der Waals surface area (Å²) in [6.07, 6.45) is -0.192. The highest BCUT2D eigenvalue weighted by atomic mass is 16.4. The van der Waals surface area contributed by atoms with Gasteiger partial charge in [-0.3, -0.25) is 9.59 Å². The molecule has 0 aliphatic carbocycles. The molecule has 5 heteroatoms. The highest BCUT2D eigenvalue weighted by Gasteiger charge is 2.18. The van der Waals surface area contributed by atoms with E-state index in [0.717, 1.165) is 0 Å². The van der Waals surface area contributed by atoms with Crippen molar-refractivity contribution in [3.63, 3.8) is 0 Å². The number of hydrogen-bond acceptors (Lipinski definition) is 3. The van der Waals surface area contributed by atoms with E-state index in [1.807, 2.05) is 0 Å². The van der Waals surface area contributed by atoms with Crippen molar-refractivity contribution < 1.29 is 14.7 Å². The van der Waals surface area contributed by atoms with Gasteiger partial charge in [-0.2, -0.15) is 0 Å². The first-order valence-electron chi connectivity index (χ1n) is 3.78. The van der Waals surface area contributed by atoms with E-state index in [0.29, 0.717) is 6.54 Å². The maximum Gasteiger partial charge on any atom is 0.305 e. The standard InChI is InChI=1S/C7H14N2O3/c1-3-9-7(12)5(8-2)4-6(10)11/h5,8H,3-4H2,1-2H3,(H,9,12)(H,10,11). The summed E-state index contributed by atoms with van der Waals surface area (Å²) in [6, 6.07) is -0.637. The Labute approximate surface area is 71.1 Å². The third kappa shape index (κ3) is 3.92. The molecule has 5 nitrogen and oxygen atoms in total. The fourth-order valence-corrected chi connectivity index (χ4v) is 0.798. The Kier molecular flexibility index (Phi) is 5.03. The third-order valence-corrected chi connectivity index (χ3v) is 1.39. The molecule has 0 bridgehead atoms. The van der Waals surface area contributed by atoms with Crippen LogP contribution in [0.4, 0.5) is 0 Å². The number of carboxylic acids is 1. The number of carbonyl (C=O) groups excluding carboxylic acids is 1. The number of amides is 1. The molecule has 70 valence electrons. The Morgan fingerprint density at radius 3 is 2.42 bits per heavy atom. The summed E-state index contributed by atoms with van der Waals surface area (Å²) in [5.41, 5.74) is 0. The molecule has 12 heavy (non-hydrogen) atoms. The number of carboxylic acid groups (broad SMARTS) is 1. The first kappa shape index (κ1) is 10.9. The van der Waals surface area contributed by atoms with Crippen LogP contribution < -0.4 is 10.6 Å². The fourth-order valence-electron chi connectivity index (χ4n) is 0.798. The van der Waals surface area contributed by atoms with Crippen LogP contribution in [0.15, 0.2) is 0 Å². The quantitative estimate of drug-likeness (QED) is 0.509. The SMILES string of the molecule is CCNC(=O)C(CC(=O)O)NC. The van der Waals surface area contributed by atoms with Crippen LogP contribution in [0.2, 0.25) is 0 Å². The molecule has 0 radical (unpaired) electrons. The number of carbonyl (C=O) groups is 2. The fraction of sp³-hybridized carbons (Fsp3) is 0.714. The van der Waals surface area contributed by atoms with Crippen molar-refractivity contribution in [3.05, 3.63) is 0 Å². The minimum Gasteiger partial charge on any atom is -0.481 e. The Hall–Kier alpha value is -1.10. The smallest absolute Gasteiger partial charge is 0.305 e. The third-order valence-electron chi connectivity index (χ3n) is 1.39. The molecule has 0 fully saturated rings. The Bertz CT molecular complexity index is 170. The normalized spacial score (nSPS) is 12.2. The van der Waals surface area contributed by atoms with Gasteiger partial charge in [0.2, 0.25) is 5.91 Å². The molecular formula is C7H14N2O3. The van der Waals surface area contributed by atoms with Crippen molar-refractivity contribution in [1.29, 1.82) is 0 Å². The Morgan fingerprint density at radius 2 is 2.08 bits per heavy atom. The molecule has 0 heterocycles. The average molecular weight is 174 g/mol. The predicted molar refractivity (Wildman–Crippen MR) is 43.8 cm³/mol. The van der Waals surface area contributed by atoms with E-state index in [1.54, 1.807) is 14.0 Å². The van der Waals surface area contributed by atoms with Gasteiger partial charge in [-0.25, -0.2) is 0 Å². The zero-order valence-corrected chi connectivity index (χ0v) is 7.26. The maximum atomic E-state index is 11.1. The van der Waals surface area contributed by atoms with Crippen molar-refractivity contribution in [3.8, 4) is 0 Å². The summed E-state index contributed by atoms with van der Waals surface area (Å²) in [7, 11) is 1.56. The molecule has 0 rings (SSSR count). The van der Waals surface area contributed by atoms with Gasteiger partial charge in [-0.1, -0.05) is 0 Å². The number of aliphatic carboxylic acids is 1. The molecule has 0 aromatic heterocycles. The summed E-state index contributed by atoms with van der Waals surface area (Å²) < 4.78 is 0. The van der Waals surface area contributed by atoms with E-state index in [4.69, 9.17) is 5.11 Å². The lowest BCUT2D eigenvalue weighted by Crippen LogP contribution is -2.43. The molecule has 0 aliphatic heterocycles. The first-order chi connectivity index (χ1) is 5.61. The van der Waals surface area contributed by atoms with Crippen LogP contribution in [-0.2, 0) is 9.59 Å². The molecule has 0 saturated carbocycles. The molecule has 3 N–H and O–H groups in total. The van der Waals surface area contributed by atoms with Gasteiger partial charge in [-0.15, -0.1) is 0 Å². The molecule has 0 aromatic carbocycles. The lowest BCUT2D eigenvalue weighted by Gasteiger charge is -2.12. The largest absolute Gasteiger partial charge is 0.481 e. The first-order valence-corrected chi connectivity index (χ1v) is 3.78. The molecule has 1 unspecified atom stereocenters. The van der Waals surface area contributed by atoms with Crippen molar-refractivity contribution in [2.75, 3.05) is 13.6 Å². The molecule has 0 aliphatic rings. The predicted octanol–water partition coefficient (Wildman–Crippen LogP) is -0.815. The van der Waals surface area contributed by atoms with Gasteiger partial charge in [0.05, 0.1) is 12.5 Å². The second-order valence-electron chi connectivity index (χ2n) is 2.33. The van der Waals surface area contributed by atoms with Crippen LogP contribution in [0.25, 0.3) is 0 Å². The molecule has 0 spiro atoms. The second-order valence-corrected chi connectivity index (χ2v) is 2.33. The van der Waals surface area contributed by atoms with Crippen LogP contribution in [0.1, 0.15) is 13.3 Å². The van der Waals surface area contributed by atoms with Gasteiger partial charge in [0.15, 0.2) is 0 Å². The number of likely N-dealkylation sites (N-methyl/N-ethyl adjacent to an activating group) is 2. The van der Waals surface area contributed by atoms with Gasteiger partial charge in [0.1, 0.15) is 0 Å². The van der Waals surface area contributed by atoms with Gasteiger partial charge < -0.3 is 15.7 Å². The summed E-state index contributed by atoms with van der Waals surface area (Å²) in [5.74, 6) is -1.26. The van der Waals surface area contributed by atoms with E-state index < -0.39 is 12.0 Å². The second kappa shape index (κ2) is 5.54. The van der Waals surface area contributed by atoms with E-state index in [2.05, 4.69) is 10.6 Å². The summed E-state index contributed by atoms with van der Waals surface area (Å²) in [6.45, 7) is 2.29. The van der Waals surface area contributed by atoms with E-state index in [1.165, 1.54) is 0 Å². The molecule has 0 saturated heterocycles. The highest BCUT2D eigenvalue weighted by Crippen LogP contribution is 1.90. The maximum absolute atomic E-state index is 11.1. The highest BCUT2D eigenvalue weighted by molar-refractivity contribution is 5.85. The van der Waals surface area contributed by atoms with Crippen molar-refractivity contribution in [1.82, 2.24) is 10.6 Å². The van der Waals surface area contributed by atoms with E-state index >= 15 is 0 Å². The van der Waals surface area contributed by atoms with Crippen molar-refractivity contribution >= 4 is 11.9 Å². The topological polar surface area (TPSA) is 78.4 Å². The molecule has 0 aromatic rings. The zero-order chi connectivity index (χ0) is 9.56. The van der Waals surface area contributed by atoms with Crippen LogP contribution in [-0.4, -0.2) is 36.6 Å². The van der Waals surface area contributed by atoms with Crippen LogP contribution in [0.3, 0.4) is 0 Å². The van der Waals surface area contributed by atoms with Gasteiger partial charge in [0, 0.05) is 6.54 Å². The summed E-state index contributed by atoms with van der Waals surface area (Å²) >= 11 is 0. The van der Waals surface area contributed by atoms with Crippen LogP contribution in [0.5, 0.6) is 0 Å². The average Bonchev–Trinajstić information content (AvgIpc) is 2.00. The van der Waals surface area contributed by atoms with Crippen LogP contribution >= 0.6 is 0 Å². The van der Waals surface area contributed by atoms with Gasteiger partial charge >= 0.3 is 5.97 Å². The minimum atomic E-state index is -0.986. The van der Waals surface area contributed by atoms with Crippen LogP contribution in [0, 0.1) is 0 Å². The number of nitrogens with one attached hydrogen (secondary N) is 2. The van der Waals surface area contributed by atoms with Crippen molar-refractivity contribution in [2.24, 2.45) is 0 Å². The lowest BCUT2D eigenvalue weighted by molar-refractivity contribution is -0.139. The Balaban J connectivity index is 3.96. The zero-order valence-electron chi connectivity index (χ0n) is 7.26. The van der Waals surface area contributed by atoms with E-state index in [-0.39, 0.29) is 12.3 Å². The van der Waals surface area contributed by atoms with Crippen molar-refractivity contribution in [2.45, 2.75) is 19.4 Å². The molecular weight excluding hydrogens is 160 g/mol.